The molecule has 0 fully saturated rings. The van der Waals surface area contributed by atoms with Gasteiger partial charge in [0.1, 0.15) is 12.2 Å². The lowest BCUT2D eigenvalue weighted by molar-refractivity contribution is 0.0954. The topological polar surface area (TPSA) is 77.6 Å². The quantitative estimate of drug-likeness (QED) is 0.738. The molecule has 2 aromatic heterocycles. The number of aromatic nitrogens is 5. The third-order valence-electron chi connectivity index (χ3n) is 3.52. The molecule has 2 heterocycles. The first-order chi connectivity index (χ1) is 11.2. The minimum Gasteiger partial charge on any atom is -0.351 e. The van der Waals surface area contributed by atoms with E-state index in [4.69, 9.17) is 0 Å². The van der Waals surface area contributed by atoms with E-state index < -0.39 is 0 Å². The van der Waals surface area contributed by atoms with Gasteiger partial charge in [0.05, 0.1) is 18.3 Å². The molecule has 1 N–H and O–H groups in total. The highest BCUT2D eigenvalue weighted by Crippen LogP contribution is 2.04. The molecule has 0 unspecified atom stereocenters. The Labute approximate surface area is 134 Å². The first-order valence-corrected chi connectivity index (χ1v) is 7.40. The van der Waals surface area contributed by atoms with Gasteiger partial charge in [-0.05, 0) is 5.56 Å². The lowest BCUT2D eigenvalue weighted by Crippen LogP contribution is -2.26. The van der Waals surface area contributed by atoms with E-state index in [2.05, 4.69) is 20.6 Å². The summed E-state index contributed by atoms with van der Waals surface area (Å²) in [7, 11) is 1.88. The number of amides is 1. The predicted octanol–water partition coefficient (Wildman–Crippen LogP) is 1.03. The molecule has 0 saturated carbocycles. The molecule has 0 spiro atoms. The Morgan fingerprint density at radius 3 is 2.83 bits per heavy atom. The summed E-state index contributed by atoms with van der Waals surface area (Å²) in [5.74, 6) is 0.705. The minimum atomic E-state index is -0.133. The molecule has 7 nitrogen and oxygen atoms in total. The van der Waals surface area contributed by atoms with Gasteiger partial charge in [0.25, 0.3) is 5.91 Å². The Morgan fingerprint density at radius 2 is 2.09 bits per heavy atom. The molecule has 1 aromatic carbocycles. The zero-order valence-corrected chi connectivity index (χ0v) is 12.9. The fourth-order valence-electron chi connectivity index (χ4n) is 2.26. The van der Waals surface area contributed by atoms with Crippen molar-refractivity contribution in [2.75, 3.05) is 6.54 Å². The van der Waals surface area contributed by atoms with Crippen LogP contribution < -0.4 is 5.32 Å². The average Bonchev–Trinajstić information content (AvgIpc) is 3.18. The number of nitrogens with zero attached hydrogens (tertiary/aromatic N) is 5. The van der Waals surface area contributed by atoms with Crippen molar-refractivity contribution in [3.8, 4) is 0 Å². The zero-order chi connectivity index (χ0) is 16.1. The molecule has 3 rings (SSSR count). The fourth-order valence-corrected chi connectivity index (χ4v) is 2.26. The van der Waals surface area contributed by atoms with Gasteiger partial charge >= 0.3 is 0 Å². The smallest absolute Gasteiger partial charge is 0.254 e. The maximum absolute atomic E-state index is 12.1. The van der Waals surface area contributed by atoms with Crippen molar-refractivity contribution < 1.29 is 4.79 Å². The Kier molecular flexibility index (Phi) is 4.46. The van der Waals surface area contributed by atoms with Gasteiger partial charge in [0.2, 0.25) is 0 Å². The van der Waals surface area contributed by atoms with E-state index in [0.717, 1.165) is 11.4 Å². The van der Waals surface area contributed by atoms with E-state index in [1.165, 1.54) is 0 Å². The van der Waals surface area contributed by atoms with Crippen molar-refractivity contribution in [1.82, 2.24) is 29.9 Å². The van der Waals surface area contributed by atoms with Crippen LogP contribution in [-0.4, -0.2) is 37.0 Å². The van der Waals surface area contributed by atoms with E-state index >= 15 is 0 Å². The predicted molar refractivity (Wildman–Crippen MR) is 84.8 cm³/mol. The van der Waals surface area contributed by atoms with Crippen molar-refractivity contribution in [1.29, 1.82) is 0 Å². The van der Waals surface area contributed by atoms with Gasteiger partial charge in [0.15, 0.2) is 0 Å². The molecule has 7 heteroatoms. The molecule has 3 aromatic rings. The van der Waals surface area contributed by atoms with Crippen LogP contribution in [0.15, 0.2) is 49.1 Å². The van der Waals surface area contributed by atoms with Crippen LogP contribution in [0.3, 0.4) is 0 Å². The van der Waals surface area contributed by atoms with Gasteiger partial charge in [-0.1, -0.05) is 30.3 Å². The van der Waals surface area contributed by atoms with Gasteiger partial charge in [-0.15, -0.1) is 10.2 Å². The van der Waals surface area contributed by atoms with Crippen LogP contribution in [0.2, 0.25) is 0 Å². The van der Waals surface area contributed by atoms with Gasteiger partial charge in [-0.3, -0.25) is 9.48 Å². The number of carbonyl (C=O) groups is 1. The van der Waals surface area contributed by atoms with Crippen LogP contribution >= 0.6 is 0 Å². The van der Waals surface area contributed by atoms with Gasteiger partial charge in [-0.2, -0.15) is 5.10 Å². The minimum absolute atomic E-state index is 0.133. The van der Waals surface area contributed by atoms with Gasteiger partial charge in [0, 0.05) is 26.2 Å². The lowest BCUT2D eigenvalue weighted by Gasteiger charge is -2.03. The van der Waals surface area contributed by atoms with Crippen LogP contribution in [0, 0.1) is 0 Å². The number of rotatable bonds is 6. The molecule has 0 aliphatic heterocycles. The Balaban J connectivity index is 1.53. The molecule has 0 radical (unpaired) electrons. The number of hydrogen-bond donors (Lipinski definition) is 1. The van der Waals surface area contributed by atoms with Gasteiger partial charge in [-0.25, -0.2) is 0 Å². The highest BCUT2D eigenvalue weighted by atomic mass is 16.1. The summed E-state index contributed by atoms with van der Waals surface area (Å²) in [6.45, 7) is 1.16. The SMILES string of the molecule is Cn1cnnc1CCNC(=O)c1cnn(Cc2ccccc2)c1. The Morgan fingerprint density at radius 1 is 1.26 bits per heavy atom. The number of hydrogen-bond acceptors (Lipinski definition) is 4. The molecular weight excluding hydrogens is 292 g/mol. The number of carbonyl (C=O) groups excluding carboxylic acids is 1. The monoisotopic (exact) mass is 310 g/mol. The maximum atomic E-state index is 12.1. The highest BCUT2D eigenvalue weighted by molar-refractivity contribution is 5.93. The lowest BCUT2D eigenvalue weighted by atomic mass is 10.2. The molecule has 0 saturated heterocycles. The normalized spacial score (nSPS) is 10.7. The number of nitrogens with one attached hydrogen (secondary N) is 1. The standard InChI is InChI=1S/C16H18N6O/c1-21-12-18-20-15(21)7-8-17-16(23)14-9-19-22(11-14)10-13-5-3-2-4-6-13/h2-6,9,11-12H,7-8,10H2,1H3,(H,17,23). The molecule has 0 bridgehead atoms. The first kappa shape index (κ1) is 15.0. The molecule has 0 atom stereocenters. The second-order valence-electron chi connectivity index (χ2n) is 5.28. The van der Waals surface area contributed by atoms with E-state index in [0.29, 0.717) is 25.1 Å². The van der Waals surface area contributed by atoms with Crippen molar-refractivity contribution in [3.05, 3.63) is 66.0 Å². The second-order valence-corrected chi connectivity index (χ2v) is 5.28. The summed E-state index contributed by atoms with van der Waals surface area (Å²) >= 11 is 0. The first-order valence-electron chi connectivity index (χ1n) is 7.40. The molecular formula is C16H18N6O. The van der Waals surface area contributed by atoms with Crippen molar-refractivity contribution >= 4 is 5.91 Å². The van der Waals surface area contributed by atoms with Crippen molar-refractivity contribution in [2.45, 2.75) is 13.0 Å². The van der Waals surface area contributed by atoms with Crippen molar-refractivity contribution in [3.63, 3.8) is 0 Å². The third kappa shape index (κ3) is 3.82. The molecule has 23 heavy (non-hydrogen) atoms. The zero-order valence-electron chi connectivity index (χ0n) is 12.9. The molecule has 0 aliphatic rings. The van der Waals surface area contributed by atoms with E-state index in [1.54, 1.807) is 23.4 Å². The van der Waals surface area contributed by atoms with E-state index in [1.807, 2.05) is 41.9 Å². The number of benzene rings is 1. The highest BCUT2D eigenvalue weighted by Gasteiger charge is 2.09. The van der Waals surface area contributed by atoms with Gasteiger partial charge < -0.3 is 9.88 Å². The second kappa shape index (κ2) is 6.87. The van der Waals surface area contributed by atoms with Crippen LogP contribution in [0.25, 0.3) is 0 Å². The van der Waals surface area contributed by atoms with Crippen LogP contribution in [0.4, 0.5) is 0 Å². The molecule has 118 valence electrons. The van der Waals surface area contributed by atoms with Crippen LogP contribution in [0.1, 0.15) is 21.7 Å². The van der Waals surface area contributed by atoms with Crippen LogP contribution in [-0.2, 0) is 20.0 Å². The average molecular weight is 310 g/mol. The summed E-state index contributed by atoms with van der Waals surface area (Å²) in [5.41, 5.74) is 1.70. The summed E-state index contributed by atoms with van der Waals surface area (Å²) in [5, 5.41) is 14.9. The molecule has 1 amide bonds. The maximum Gasteiger partial charge on any atom is 0.254 e. The fraction of sp³-hybridized carbons (Fsp3) is 0.250. The van der Waals surface area contributed by atoms with Crippen LogP contribution in [0.5, 0.6) is 0 Å². The Hall–Kier alpha value is -2.96. The third-order valence-corrected chi connectivity index (χ3v) is 3.52. The van der Waals surface area contributed by atoms with E-state index in [9.17, 15) is 4.79 Å². The summed E-state index contributed by atoms with van der Waals surface area (Å²) in [6, 6.07) is 10.0. The largest absolute Gasteiger partial charge is 0.351 e. The Bertz CT molecular complexity index is 777. The summed E-state index contributed by atoms with van der Waals surface area (Å²) in [6.07, 6.45) is 5.62. The number of aryl methyl sites for hydroxylation is 1. The summed E-state index contributed by atoms with van der Waals surface area (Å²) in [4.78, 5) is 12.1. The van der Waals surface area contributed by atoms with Crippen molar-refractivity contribution in [2.24, 2.45) is 7.05 Å². The summed E-state index contributed by atoms with van der Waals surface area (Å²) < 4.78 is 3.59. The van der Waals surface area contributed by atoms with E-state index in [-0.39, 0.29) is 5.91 Å². The molecule has 0 aliphatic carbocycles.